The van der Waals surface area contributed by atoms with Crippen LogP contribution in [0.25, 0.3) is 0 Å². The molecular formula is C12H15NO3. The first-order valence-corrected chi connectivity index (χ1v) is 5.63. The van der Waals surface area contributed by atoms with Gasteiger partial charge >= 0.3 is 5.69 Å². The van der Waals surface area contributed by atoms with Gasteiger partial charge in [-0.15, -0.1) is 0 Å². The zero-order valence-corrected chi connectivity index (χ0v) is 9.09. The Labute approximate surface area is 94.4 Å². The van der Waals surface area contributed by atoms with Crippen molar-refractivity contribution in [3.8, 4) is 5.75 Å². The smallest absolute Gasteiger partial charge is 0.310 e. The van der Waals surface area contributed by atoms with E-state index >= 15 is 0 Å². The molecule has 16 heavy (non-hydrogen) atoms. The molecule has 0 aromatic heterocycles. The summed E-state index contributed by atoms with van der Waals surface area (Å²) in [5.74, 6) is 0.958. The summed E-state index contributed by atoms with van der Waals surface area (Å²) in [6, 6.07) is 6.55. The zero-order valence-electron chi connectivity index (χ0n) is 9.09. The highest BCUT2D eigenvalue weighted by atomic mass is 16.6. The maximum absolute atomic E-state index is 10.7. The second kappa shape index (κ2) is 4.96. The van der Waals surface area contributed by atoms with Crippen LogP contribution in [0.4, 0.5) is 5.69 Å². The number of nitro groups is 1. The first kappa shape index (κ1) is 10.9. The van der Waals surface area contributed by atoms with Gasteiger partial charge in [0.2, 0.25) is 0 Å². The predicted octanol–water partition coefficient (Wildman–Crippen LogP) is 3.16. The lowest BCUT2D eigenvalue weighted by Gasteiger charge is -2.11. The van der Waals surface area contributed by atoms with E-state index < -0.39 is 4.92 Å². The Morgan fingerprint density at radius 1 is 1.31 bits per heavy atom. The largest absolute Gasteiger partial charge is 0.487 e. The zero-order chi connectivity index (χ0) is 11.4. The average Bonchev–Trinajstić information content (AvgIpc) is 2.79. The van der Waals surface area contributed by atoms with Gasteiger partial charge in [-0.25, -0.2) is 0 Å². The Balaban J connectivity index is 2.00. The molecule has 0 bridgehead atoms. The van der Waals surface area contributed by atoms with Gasteiger partial charge in [-0.05, 0) is 24.8 Å². The van der Waals surface area contributed by atoms with Crippen molar-refractivity contribution in [2.75, 3.05) is 6.61 Å². The van der Waals surface area contributed by atoms with E-state index in [0.29, 0.717) is 18.3 Å². The normalized spacial score (nSPS) is 16.2. The Morgan fingerprint density at radius 2 is 2.00 bits per heavy atom. The number of hydrogen-bond donors (Lipinski definition) is 0. The van der Waals surface area contributed by atoms with Crippen molar-refractivity contribution in [2.24, 2.45) is 5.92 Å². The highest BCUT2D eigenvalue weighted by Crippen LogP contribution is 2.29. The van der Waals surface area contributed by atoms with Crippen LogP contribution in [0, 0.1) is 16.0 Å². The minimum absolute atomic E-state index is 0.0560. The van der Waals surface area contributed by atoms with E-state index in [-0.39, 0.29) is 5.69 Å². The van der Waals surface area contributed by atoms with Crippen LogP contribution < -0.4 is 4.74 Å². The molecule has 1 aliphatic rings. The van der Waals surface area contributed by atoms with Crippen molar-refractivity contribution in [3.63, 3.8) is 0 Å². The summed E-state index contributed by atoms with van der Waals surface area (Å²) in [4.78, 5) is 10.3. The average molecular weight is 221 g/mol. The highest BCUT2D eigenvalue weighted by Gasteiger charge is 2.18. The van der Waals surface area contributed by atoms with Gasteiger partial charge in [0.15, 0.2) is 5.75 Å². The molecule has 0 saturated heterocycles. The van der Waals surface area contributed by atoms with Crippen LogP contribution in [0.1, 0.15) is 25.7 Å². The molecular weight excluding hydrogens is 206 g/mol. The molecule has 2 rings (SSSR count). The van der Waals surface area contributed by atoms with Crippen molar-refractivity contribution >= 4 is 5.69 Å². The Hall–Kier alpha value is -1.58. The van der Waals surface area contributed by atoms with Gasteiger partial charge < -0.3 is 4.74 Å². The third-order valence-electron chi connectivity index (χ3n) is 3.01. The molecule has 1 aromatic rings. The molecule has 0 atom stereocenters. The Morgan fingerprint density at radius 3 is 2.69 bits per heavy atom. The minimum Gasteiger partial charge on any atom is -0.487 e. The number of benzene rings is 1. The lowest BCUT2D eigenvalue weighted by molar-refractivity contribution is -0.385. The summed E-state index contributed by atoms with van der Waals surface area (Å²) < 4.78 is 5.54. The molecule has 0 heterocycles. The number of para-hydroxylation sites is 2. The third-order valence-corrected chi connectivity index (χ3v) is 3.01. The van der Waals surface area contributed by atoms with Crippen molar-refractivity contribution in [3.05, 3.63) is 34.4 Å². The van der Waals surface area contributed by atoms with Crippen LogP contribution in [0.15, 0.2) is 24.3 Å². The molecule has 0 unspecified atom stereocenters. The molecule has 0 spiro atoms. The second-order valence-corrected chi connectivity index (χ2v) is 4.19. The quantitative estimate of drug-likeness (QED) is 0.579. The fraction of sp³-hybridized carbons (Fsp3) is 0.500. The summed E-state index contributed by atoms with van der Waals surface area (Å²) >= 11 is 0. The molecule has 0 N–H and O–H groups in total. The lowest BCUT2D eigenvalue weighted by atomic mass is 10.1. The molecule has 1 fully saturated rings. The van der Waals surface area contributed by atoms with E-state index in [1.165, 1.54) is 31.7 Å². The van der Waals surface area contributed by atoms with Gasteiger partial charge in [0.25, 0.3) is 0 Å². The lowest BCUT2D eigenvalue weighted by Crippen LogP contribution is -2.09. The van der Waals surface area contributed by atoms with Crippen molar-refractivity contribution in [2.45, 2.75) is 25.7 Å². The van der Waals surface area contributed by atoms with Crippen LogP contribution >= 0.6 is 0 Å². The summed E-state index contributed by atoms with van der Waals surface area (Å²) in [5, 5.41) is 10.7. The number of ether oxygens (including phenoxy) is 1. The molecule has 1 aromatic carbocycles. The van der Waals surface area contributed by atoms with Gasteiger partial charge in [-0.1, -0.05) is 25.0 Å². The molecule has 0 radical (unpaired) electrons. The van der Waals surface area contributed by atoms with Crippen molar-refractivity contribution in [1.29, 1.82) is 0 Å². The van der Waals surface area contributed by atoms with Crippen molar-refractivity contribution < 1.29 is 9.66 Å². The summed E-state index contributed by atoms with van der Waals surface area (Å²) in [7, 11) is 0. The van der Waals surface area contributed by atoms with Crippen LogP contribution in [-0.4, -0.2) is 11.5 Å². The maximum atomic E-state index is 10.7. The molecule has 86 valence electrons. The van der Waals surface area contributed by atoms with Gasteiger partial charge in [0.1, 0.15) is 0 Å². The number of nitrogens with zero attached hydrogens (tertiary/aromatic N) is 1. The maximum Gasteiger partial charge on any atom is 0.310 e. The predicted molar refractivity (Wildman–Crippen MR) is 60.5 cm³/mol. The van der Waals surface area contributed by atoms with Gasteiger partial charge in [0, 0.05) is 6.07 Å². The summed E-state index contributed by atoms with van der Waals surface area (Å²) in [6.45, 7) is 0.602. The van der Waals surface area contributed by atoms with Crippen LogP contribution in [0.3, 0.4) is 0 Å². The first-order chi connectivity index (χ1) is 7.77. The monoisotopic (exact) mass is 221 g/mol. The number of rotatable bonds is 4. The molecule has 1 aliphatic carbocycles. The molecule has 4 nitrogen and oxygen atoms in total. The molecule has 4 heteroatoms. The summed E-state index contributed by atoms with van der Waals surface area (Å²) in [5.41, 5.74) is 0.0560. The SMILES string of the molecule is O=[N+]([O-])c1ccccc1OCC1CCCC1. The van der Waals surface area contributed by atoms with E-state index in [2.05, 4.69) is 0 Å². The number of hydrogen-bond acceptors (Lipinski definition) is 3. The molecule has 0 amide bonds. The van der Waals surface area contributed by atoms with E-state index in [1.807, 2.05) is 0 Å². The topological polar surface area (TPSA) is 52.4 Å². The van der Waals surface area contributed by atoms with Crippen molar-refractivity contribution in [1.82, 2.24) is 0 Å². The van der Waals surface area contributed by atoms with Gasteiger partial charge in [0.05, 0.1) is 11.5 Å². The van der Waals surface area contributed by atoms with Gasteiger partial charge in [-0.2, -0.15) is 0 Å². The number of nitro benzene ring substituents is 1. The standard InChI is InChI=1S/C12H15NO3/c14-13(15)11-7-3-4-8-12(11)16-9-10-5-1-2-6-10/h3-4,7-8,10H,1-2,5-6,9H2. The van der Waals surface area contributed by atoms with E-state index in [0.717, 1.165) is 0 Å². The van der Waals surface area contributed by atoms with E-state index in [1.54, 1.807) is 18.2 Å². The highest BCUT2D eigenvalue weighted by molar-refractivity contribution is 5.45. The molecule has 0 aliphatic heterocycles. The van der Waals surface area contributed by atoms with Crippen LogP contribution in [-0.2, 0) is 0 Å². The van der Waals surface area contributed by atoms with E-state index in [4.69, 9.17) is 4.74 Å². The fourth-order valence-electron chi connectivity index (χ4n) is 2.11. The first-order valence-electron chi connectivity index (χ1n) is 5.63. The minimum atomic E-state index is -0.399. The van der Waals surface area contributed by atoms with Crippen LogP contribution in [0.5, 0.6) is 5.75 Å². The fourth-order valence-corrected chi connectivity index (χ4v) is 2.11. The Bertz CT molecular complexity index is 372. The van der Waals surface area contributed by atoms with Crippen LogP contribution in [0.2, 0.25) is 0 Å². The Kier molecular flexibility index (Phi) is 3.39. The van der Waals surface area contributed by atoms with Gasteiger partial charge in [-0.3, -0.25) is 10.1 Å². The van der Waals surface area contributed by atoms with E-state index in [9.17, 15) is 10.1 Å². The summed E-state index contributed by atoms with van der Waals surface area (Å²) in [6.07, 6.45) is 4.87. The second-order valence-electron chi connectivity index (χ2n) is 4.19. The third kappa shape index (κ3) is 2.51. The molecule has 1 saturated carbocycles.